The summed E-state index contributed by atoms with van der Waals surface area (Å²) in [5.74, 6) is -1.97. The molecule has 250 valence electrons. The Morgan fingerprint density at radius 1 is 0.837 bits per heavy atom. The molecular formula is C40H41InN2O6. The second kappa shape index (κ2) is 17.7. The second-order valence-electron chi connectivity index (χ2n) is 12.5. The zero-order chi connectivity index (χ0) is 34.6. The molecule has 1 heterocycles. The molecule has 2 amide bonds. The maximum atomic E-state index is 13.8. The van der Waals surface area contributed by atoms with Crippen LogP contribution in [0.2, 0.25) is 0 Å². The van der Waals surface area contributed by atoms with Crippen molar-refractivity contribution in [3.05, 3.63) is 139 Å². The van der Waals surface area contributed by atoms with E-state index in [0.717, 1.165) is 29.4 Å². The first-order valence-corrected chi connectivity index (χ1v) is 22.5. The van der Waals surface area contributed by atoms with E-state index in [4.69, 9.17) is 15.2 Å². The number of amides is 2. The average molecular weight is 761 g/mol. The molecule has 0 aliphatic carbocycles. The molecule has 1 aliphatic heterocycles. The topological polar surface area (TPSA) is 125 Å². The first-order chi connectivity index (χ1) is 23.7. The summed E-state index contributed by atoms with van der Waals surface area (Å²) in [7, 11) is 0. The van der Waals surface area contributed by atoms with Crippen LogP contribution in [-0.4, -0.2) is 57.3 Å². The molecule has 49 heavy (non-hydrogen) atoms. The van der Waals surface area contributed by atoms with Crippen molar-refractivity contribution in [3.63, 3.8) is 0 Å². The molecule has 0 aromatic heterocycles. The van der Waals surface area contributed by atoms with Gasteiger partial charge in [-0.05, 0) is 0 Å². The van der Waals surface area contributed by atoms with Crippen LogP contribution in [0.25, 0.3) is 10.8 Å². The number of primary amides is 1. The Bertz CT molecular complexity index is 1840. The molecule has 0 radical (unpaired) electrons. The third-order valence-corrected chi connectivity index (χ3v) is 16.7. The minimum absolute atomic E-state index is 0.0633. The second-order valence-corrected chi connectivity index (χ2v) is 20.0. The van der Waals surface area contributed by atoms with Crippen LogP contribution in [0.4, 0.5) is 0 Å². The fourth-order valence-electron chi connectivity index (χ4n) is 5.93. The standard InChI is InChI=1S/C32H32N2O6.C8H9.In/c1-2-3-15-30(36)34-28(14-9-16-31(37)39-22-23-10-5-4-6-11-23)32(38)40-27(21-29(33)35)20-24-17-18-25-12-7-8-13-26(25)19-24;1-7-3-5-8(2)6-4-7;/h1-8,10-13,17-19,27-28H,9,14,16,20-22H2,(H2,33,35)(H,34,36);3-6H,1H2,2H3;/t27-,28-;;/m0../s1. The summed E-state index contributed by atoms with van der Waals surface area (Å²) in [5, 5.41) is 5.02. The maximum absolute atomic E-state index is 13.8. The predicted octanol–water partition coefficient (Wildman–Crippen LogP) is 5.73. The number of hydrogen-bond donors (Lipinski definition) is 2. The van der Waals surface area contributed by atoms with Crippen molar-refractivity contribution in [1.82, 2.24) is 5.32 Å². The third kappa shape index (κ3) is 10.9. The Morgan fingerprint density at radius 3 is 2.31 bits per heavy atom. The van der Waals surface area contributed by atoms with Gasteiger partial charge in [-0.2, -0.15) is 0 Å². The van der Waals surface area contributed by atoms with E-state index in [1.165, 1.54) is 11.1 Å². The minimum atomic E-state index is -2.64. The molecular weight excluding hydrogens is 719 g/mol. The van der Waals surface area contributed by atoms with Crippen molar-refractivity contribution in [3.8, 4) is 0 Å². The Balaban J connectivity index is 1.26. The number of aryl methyl sites for hydroxylation is 1. The monoisotopic (exact) mass is 760 g/mol. The molecule has 0 fully saturated rings. The summed E-state index contributed by atoms with van der Waals surface area (Å²) in [5.41, 5.74) is 9.69. The Morgan fingerprint density at radius 2 is 1.55 bits per heavy atom. The Hall–Kier alpha value is -4.63. The number of esters is 2. The van der Waals surface area contributed by atoms with Crippen LogP contribution in [-0.2, 0) is 45.9 Å². The SMILES string of the molecule is Cc1ccc([CH2][In]2[CH]=CC=[C]2C(=O)N[C@@H](CCCC(=O)OCc2ccccc2)C(=O)O[C@H](CC(N)=O)Cc2ccc3ccccc3c2)cc1. The van der Waals surface area contributed by atoms with Crippen LogP contribution in [0.15, 0.2) is 116 Å². The fourth-order valence-corrected chi connectivity index (χ4v) is 13.1. The normalized spacial score (nSPS) is 13.4. The summed E-state index contributed by atoms with van der Waals surface area (Å²) in [4.78, 5) is 52.0. The number of fused-ring (bicyclic) bond motifs is 1. The van der Waals surface area contributed by atoms with Gasteiger partial charge in [0.1, 0.15) is 0 Å². The van der Waals surface area contributed by atoms with E-state index in [9.17, 15) is 19.2 Å². The quantitative estimate of drug-likeness (QED) is 0.141. The molecule has 2 atom stereocenters. The summed E-state index contributed by atoms with van der Waals surface area (Å²) in [6.45, 7) is 2.20. The van der Waals surface area contributed by atoms with Gasteiger partial charge >= 0.3 is 260 Å². The van der Waals surface area contributed by atoms with Crippen molar-refractivity contribution < 1.29 is 28.7 Å². The van der Waals surface area contributed by atoms with Crippen LogP contribution < -0.4 is 11.1 Å². The van der Waals surface area contributed by atoms with E-state index in [0.29, 0.717) is 0 Å². The molecule has 5 rings (SSSR count). The number of ether oxygens (including phenoxy) is 2. The van der Waals surface area contributed by atoms with Gasteiger partial charge in [-0.1, -0.05) is 36.4 Å². The van der Waals surface area contributed by atoms with Gasteiger partial charge in [0.15, 0.2) is 0 Å². The van der Waals surface area contributed by atoms with E-state index in [2.05, 4.69) is 33.4 Å². The zero-order valence-electron chi connectivity index (χ0n) is 27.7. The van der Waals surface area contributed by atoms with Gasteiger partial charge in [-0.15, -0.1) is 0 Å². The molecule has 0 unspecified atom stereocenters. The number of carbonyl (C=O) groups excluding carboxylic acids is 4. The van der Waals surface area contributed by atoms with Gasteiger partial charge in [0.05, 0.1) is 0 Å². The van der Waals surface area contributed by atoms with Crippen molar-refractivity contribution in [2.45, 2.75) is 62.0 Å². The summed E-state index contributed by atoms with van der Waals surface area (Å²) < 4.78 is 15.1. The van der Waals surface area contributed by atoms with E-state index in [-0.39, 0.29) is 44.6 Å². The first-order valence-electron chi connectivity index (χ1n) is 16.6. The van der Waals surface area contributed by atoms with E-state index < -0.39 is 51.4 Å². The molecule has 0 saturated carbocycles. The van der Waals surface area contributed by atoms with Crippen molar-refractivity contribution >= 4 is 56.0 Å². The summed E-state index contributed by atoms with van der Waals surface area (Å²) in [6, 6.07) is 30.5. The van der Waals surface area contributed by atoms with Gasteiger partial charge in [-0.3, -0.25) is 0 Å². The number of rotatable bonds is 16. The van der Waals surface area contributed by atoms with E-state index in [1.807, 2.05) is 91.9 Å². The molecule has 9 heteroatoms. The summed E-state index contributed by atoms with van der Waals surface area (Å²) >= 11 is -2.64. The Kier molecular flexibility index (Phi) is 12.9. The number of nitrogens with two attached hydrogens (primary N) is 1. The molecule has 8 nitrogen and oxygen atoms in total. The van der Waals surface area contributed by atoms with E-state index in [1.54, 1.807) is 0 Å². The number of benzene rings is 4. The molecule has 4 aromatic carbocycles. The van der Waals surface area contributed by atoms with Crippen LogP contribution >= 0.6 is 0 Å². The van der Waals surface area contributed by atoms with E-state index >= 15 is 0 Å². The molecule has 3 N–H and O–H groups in total. The van der Waals surface area contributed by atoms with Crippen molar-refractivity contribution in [2.24, 2.45) is 5.73 Å². The van der Waals surface area contributed by atoms with Crippen molar-refractivity contribution in [2.75, 3.05) is 0 Å². The zero-order valence-corrected chi connectivity index (χ0v) is 31.0. The number of allylic oxidation sites excluding steroid dienone is 2. The van der Waals surface area contributed by atoms with Crippen LogP contribution in [0.5, 0.6) is 0 Å². The van der Waals surface area contributed by atoms with Crippen LogP contribution in [0.1, 0.15) is 47.9 Å². The molecule has 0 saturated heterocycles. The van der Waals surface area contributed by atoms with Gasteiger partial charge in [-0.25, -0.2) is 0 Å². The first kappa shape index (κ1) is 35.7. The number of hydrogen-bond acceptors (Lipinski definition) is 6. The number of nitrogens with one attached hydrogen (secondary N) is 1. The van der Waals surface area contributed by atoms with Gasteiger partial charge < -0.3 is 0 Å². The average Bonchev–Trinajstić information content (AvgIpc) is 3.56. The third-order valence-electron chi connectivity index (χ3n) is 8.55. The van der Waals surface area contributed by atoms with Gasteiger partial charge in [0.25, 0.3) is 0 Å². The van der Waals surface area contributed by atoms with Crippen LogP contribution in [0.3, 0.4) is 0 Å². The summed E-state index contributed by atoms with van der Waals surface area (Å²) in [6.07, 6.45) is 3.56. The predicted molar refractivity (Wildman–Crippen MR) is 191 cm³/mol. The van der Waals surface area contributed by atoms with Gasteiger partial charge in [0.2, 0.25) is 0 Å². The van der Waals surface area contributed by atoms with Gasteiger partial charge in [0, 0.05) is 0 Å². The number of carbonyl (C=O) groups is 4. The van der Waals surface area contributed by atoms with Crippen molar-refractivity contribution in [1.29, 1.82) is 0 Å². The molecule has 0 spiro atoms. The molecule has 1 aliphatic rings. The van der Waals surface area contributed by atoms with Crippen LogP contribution in [0, 0.1) is 6.92 Å². The molecule has 0 bridgehead atoms. The Labute approximate surface area is 294 Å². The molecule has 4 aromatic rings. The fraction of sp³-hybridized carbons (Fsp3) is 0.250.